The van der Waals surface area contributed by atoms with Crippen molar-refractivity contribution in [1.29, 1.82) is 0 Å². The summed E-state index contributed by atoms with van der Waals surface area (Å²) in [4.78, 5) is 0.0363. The molecular weight excluding hydrogens is 359 g/mol. The summed E-state index contributed by atoms with van der Waals surface area (Å²) >= 11 is 11.9. The molecule has 0 bridgehead atoms. The number of nitrogens with zero attached hydrogens (tertiary/aromatic N) is 2. The molecule has 0 aliphatic heterocycles. The number of hydrogen-bond donors (Lipinski definition) is 0. The van der Waals surface area contributed by atoms with Crippen LogP contribution in [0.1, 0.15) is 32.4 Å². The molecule has 0 fully saturated rings. The first-order valence-corrected chi connectivity index (χ1v) is 9.32. The molecule has 0 radical (unpaired) electrons. The number of sulfone groups is 1. The molecule has 1 aromatic carbocycles. The fourth-order valence-corrected chi connectivity index (χ4v) is 4.83. The van der Waals surface area contributed by atoms with Gasteiger partial charge in [0.05, 0.1) is 17.6 Å². The predicted octanol–water partition coefficient (Wildman–Crippen LogP) is 4.17. The number of methoxy groups -OCH3 is 1. The minimum absolute atomic E-state index is 0.0363. The molecule has 0 atom stereocenters. The number of benzene rings is 1. The second-order valence-electron chi connectivity index (χ2n) is 5.29. The Morgan fingerprint density at radius 1 is 1.22 bits per heavy atom. The molecule has 2 aromatic rings. The molecule has 0 N–H and O–H groups in total. The highest BCUT2D eigenvalue weighted by Crippen LogP contribution is 2.34. The highest BCUT2D eigenvalue weighted by Gasteiger charge is 2.31. The number of ether oxygens (including phenoxy) is 1. The molecule has 2 rings (SSSR count). The Balaban J connectivity index is 2.79. The first kappa shape index (κ1) is 18.1. The molecule has 0 saturated carbocycles. The maximum Gasteiger partial charge on any atom is 0.237 e. The molecule has 0 aliphatic rings. The van der Waals surface area contributed by atoms with Gasteiger partial charge in [0, 0.05) is 16.1 Å². The van der Waals surface area contributed by atoms with Gasteiger partial charge in [0.1, 0.15) is 0 Å². The van der Waals surface area contributed by atoms with E-state index in [1.54, 1.807) is 0 Å². The van der Waals surface area contributed by atoms with Crippen molar-refractivity contribution in [1.82, 2.24) is 9.78 Å². The van der Waals surface area contributed by atoms with Gasteiger partial charge in [-0.15, -0.1) is 5.10 Å². The van der Waals surface area contributed by atoms with Crippen molar-refractivity contribution >= 4 is 33.0 Å². The lowest BCUT2D eigenvalue weighted by Crippen LogP contribution is -2.14. The van der Waals surface area contributed by atoms with E-state index in [0.29, 0.717) is 17.9 Å². The monoisotopic (exact) mass is 376 g/mol. The van der Waals surface area contributed by atoms with Crippen molar-refractivity contribution in [2.24, 2.45) is 0 Å². The fourth-order valence-electron chi connectivity index (χ4n) is 2.33. The zero-order valence-corrected chi connectivity index (χ0v) is 15.6. The van der Waals surface area contributed by atoms with E-state index in [2.05, 4.69) is 5.10 Å². The van der Waals surface area contributed by atoms with Gasteiger partial charge in [0.2, 0.25) is 15.7 Å². The summed E-state index contributed by atoms with van der Waals surface area (Å²) in [6.45, 7) is 5.57. The topological polar surface area (TPSA) is 61.2 Å². The lowest BCUT2D eigenvalue weighted by Gasteiger charge is -2.13. The Labute approximate surface area is 146 Å². The molecule has 1 aromatic heterocycles. The van der Waals surface area contributed by atoms with Crippen LogP contribution >= 0.6 is 23.2 Å². The van der Waals surface area contributed by atoms with Crippen LogP contribution in [-0.2, 0) is 16.3 Å². The molecule has 0 spiro atoms. The Morgan fingerprint density at radius 3 is 2.22 bits per heavy atom. The summed E-state index contributed by atoms with van der Waals surface area (Å²) in [5.74, 6) is 0.313. The average molecular weight is 377 g/mol. The summed E-state index contributed by atoms with van der Waals surface area (Å²) in [7, 11) is -2.37. The lowest BCUT2D eigenvalue weighted by molar-refractivity contribution is 0.378. The number of hydrogen-bond acceptors (Lipinski definition) is 4. The molecule has 1 heterocycles. The zero-order valence-electron chi connectivity index (χ0n) is 13.3. The van der Waals surface area contributed by atoms with E-state index >= 15 is 0 Å². The van der Waals surface area contributed by atoms with Crippen molar-refractivity contribution in [2.75, 3.05) is 7.11 Å². The second-order valence-corrected chi connectivity index (χ2v) is 8.03. The van der Waals surface area contributed by atoms with Gasteiger partial charge in [-0.2, -0.15) is 0 Å². The third kappa shape index (κ3) is 3.34. The van der Waals surface area contributed by atoms with E-state index in [9.17, 15) is 8.42 Å². The van der Waals surface area contributed by atoms with Gasteiger partial charge in [-0.1, -0.05) is 30.1 Å². The van der Waals surface area contributed by atoms with Crippen LogP contribution in [0, 0.1) is 0 Å². The Hall–Kier alpha value is -1.24. The minimum atomic E-state index is -3.84. The summed E-state index contributed by atoms with van der Waals surface area (Å²) in [5, 5.41) is 4.92. The van der Waals surface area contributed by atoms with Crippen LogP contribution in [0.4, 0.5) is 0 Å². The SMILES string of the molecule is CCc1c(OC)nn(C(C)C)c1S(=O)(=O)c1cc(Cl)cc(Cl)c1. The van der Waals surface area contributed by atoms with E-state index in [0.717, 1.165) is 0 Å². The fraction of sp³-hybridized carbons (Fsp3) is 0.400. The number of aromatic nitrogens is 2. The van der Waals surface area contributed by atoms with Gasteiger partial charge >= 0.3 is 0 Å². The molecule has 5 nitrogen and oxygen atoms in total. The van der Waals surface area contributed by atoms with Crippen LogP contribution in [0.5, 0.6) is 5.88 Å². The van der Waals surface area contributed by atoms with Gasteiger partial charge in [-0.25, -0.2) is 13.1 Å². The largest absolute Gasteiger partial charge is 0.480 e. The van der Waals surface area contributed by atoms with Crippen LogP contribution in [0.25, 0.3) is 0 Å². The van der Waals surface area contributed by atoms with Gasteiger partial charge in [-0.3, -0.25) is 0 Å². The van der Waals surface area contributed by atoms with Crippen molar-refractivity contribution in [2.45, 2.75) is 43.2 Å². The van der Waals surface area contributed by atoms with Crippen LogP contribution < -0.4 is 4.74 Å². The van der Waals surface area contributed by atoms with E-state index < -0.39 is 9.84 Å². The van der Waals surface area contributed by atoms with Gasteiger partial charge in [0.25, 0.3) is 0 Å². The standard InChI is InChI=1S/C15H18Cl2N2O3S/c1-5-13-14(22-4)18-19(9(2)3)15(13)23(20,21)12-7-10(16)6-11(17)8-12/h6-9H,5H2,1-4H3. The van der Waals surface area contributed by atoms with E-state index in [1.165, 1.54) is 30.0 Å². The van der Waals surface area contributed by atoms with Crippen molar-refractivity contribution in [3.63, 3.8) is 0 Å². The summed E-state index contributed by atoms with van der Waals surface area (Å²) < 4.78 is 33.0. The molecule has 0 unspecified atom stereocenters. The van der Waals surface area contributed by atoms with Crippen LogP contribution in [0.3, 0.4) is 0 Å². The minimum Gasteiger partial charge on any atom is -0.480 e. The molecule has 0 saturated heterocycles. The highest BCUT2D eigenvalue weighted by molar-refractivity contribution is 7.91. The molecule has 0 aliphatic carbocycles. The van der Waals surface area contributed by atoms with Crippen LogP contribution in [0.15, 0.2) is 28.1 Å². The van der Waals surface area contributed by atoms with Crippen molar-refractivity contribution in [3.05, 3.63) is 33.8 Å². The van der Waals surface area contributed by atoms with Crippen molar-refractivity contribution < 1.29 is 13.2 Å². The quantitative estimate of drug-likeness (QED) is 0.785. The molecular formula is C15H18Cl2N2O3S. The van der Waals surface area contributed by atoms with E-state index in [1.807, 2.05) is 20.8 Å². The maximum atomic E-state index is 13.1. The molecule has 23 heavy (non-hydrogen) atoms. The van der Waals surface area contributed by atoms with Gasteiger partial charge in [0.15, 0.2) is 5.03 Å². The van der Waals surface area contributed by atoms with Crippen LogP contribution in [0.2, 0.25) is 10.0 Å². The molecule has 8 heteroatoms. The lowest BCUT2D eigenvalue weighted by atomic mass is 10.3. The Bertz CT molecular complexity index is 809. The van der Waals surface area contributed by atoms with E-state index in [-0.39, 0.29) is 26.0 Å². The molecule has 0 amide bonds. The first-order chi connectivity index (χ1) is 10.7. The third-order valence-electron chi connectivity index (χ3n) is 3.36. The van der Waals surface area contributed by atoms with Gasteiger partial charge in [-0.05, 0) is 38.5 Å². The summed E-state index contributed by atoms with van der Waals surface area (Å²) in [6.07, 6.45) is 0.471. The summed E-state index contributed by atoms with van der Waals surface area (Å²) in [6, 6.07) is 4.10. The third-order valence-corrected chi connectivity index (χ3v) is 5.60. The van der Waals surface area contributed by atoms with Crippen LogP contribution in [-0.4, -0.2) is 25.3 Å². The maximum absolute atomic E-state index is 13.1. The predicted molar refractivity (Wildman–Crippen MR) is 90.5 cm³/mol. The Morgan fingerprint density at radius 2 is 1.78 bits per heavy atom. The molecule has 126 valence electrons. The normalized spacial score (nSPS) is 12.0. The Kier molecular flexibility index (Phi) is 5.28. The average Bonchev–Trinajstić information content (AvgIpc) is 2.85. The van der Waals surface area contributed by atoms with Crippen molar-refractivity contribution in [3.8, 4) is 5.88 Å². The summed E-state index contributed by atoms with van der Waals surface area (Å²) in [5.41, 5.74) is 0.539. The number of rotatable bonds is 5. The zero-order chi connectivity index (χ0) is 17.4. The highest BCUT2D eigenvalue weighted by atomic mass is 35.5. The first-order valence-electron chi connectivity index (χ1n) is 7.08. The smallest absolute Gasteiger partial charge is 0.237 e. The number of halogens is 2. The second kappa shape index (κ2) is 6.71. The van der Waals surface area contributed by atoms with E-state index in [4.69, 9.17) is 27.9 Å². The van der Waals surface area contributed by atoms with Gasteiger partial charge < -0.3 is 4.74 Å².